The first-order valence-corrected chi connectivity index (χ1v) is 6.84. The van der Waals surface area contributed by atoms with Crippen LogP contribution in [0.4, 0.5) is 0 Å². The Morgan fingerprint density at radius 2 is 2.00 bits per heavy atom. The number of carbonyl (C=O) groups excluding carboxylic acids is 1. The molecule has 4 nitrogen and oxygen atoms in total. The number of carbonyl (C=O) groups is 1. The molecule has 0 N–H and O–H groups in total. The quantitative estimate of drug-likeness (QED) is 0.349. The Morgan fingerprint density at radius 1 is 1.29 bits per heavy atom. The van der Waals surface area contributed by atoms with Gasteiger partial charge in [-0.2, -0.15) is 0 Å². The lowest BCUT2D eigenvalue weighted by atomic mass is 10.2. The lowest BCUT2D eigenvalue weighted by Gasteiger charge is -2.06. The van der Waals surface area contributed by atoms with Crippen LogP contribution in [0.25, 0.3) is 0 Å². The van der Waals surface area contributed by atoms with Crippen LogP contribution in [0.2, 0.25) is 0 Å². The van der Waals surface area contributed by atoms with Crippen molar-refractivity contribution in [3.05, 3.63) is 42.2 Å². The summed E-state index contributed by atoms with van der Waals surface area (Å²) in [5.41, 5.74) is 0.882. The number of hydrogen-bond donors (Lipinski definition) is 0. The van der Waals surface area contributed by atoms with Gasteiger partial charge in [0.15, 0.2) is 6.10 Å². The summed E-state index contributed by atoms with van der Waals surface area (Å²) in [5.74, 6) is 6.41. The highest BCUT2D eigenvalue weighted by Gasteiger charge is 2.00. The zero-order chi connectivity index (χ0) is 15.5. The molecule has 0 amide bonds. The first-order chi connectivity index (χ1) is 10.2. The molecule has 0 aliphatic carbocycles. The van der Waals surface area contributed by atoms with E-state index in [0.717, 1.165) is 17.7 Å². The normalized spacial score (nSPS) is 11.4. The van der Waals surface area contributed by atoms with Crippen LogP contribution < -0.4 is 4.74 Å². The third kappa shape index (κ3) is 6.53. The summed E-state index contributed by atoms with van der Waals surface area (Å²) in [4.78, 5) is 11.1. The highest BCUT2D eigenvalue weighted by molar-refractivity contribution is 5.81. The summed E-state index contributed by atoms with van der Waals surface area (Å²) in [6.45, 7) is 4.06. The van der Waals surface area contributed by atoms with Gasteiger partial charge in [0.1, 0.15) is 5.75 Å². The standard InChI is InChI=1S/C17H20O4/c1-4-15(21-13-12-17(18)20-5-2)9-6-14-7-10-16(19-3)11-8-14/h7-8,10-13,15H,4-5H2,1-3H3/b13-12+. The Labute approximate surface area is 125 Å². The number of ether oxygens (including phenoxy) is 3. The molecule has 0 saturated heterocycles. The van der Waals surface area contributed by atoms with Gasteiger partial charge in [-0.3, -0.25) is 0 Å². The molecule has 0 aliphatic heterocycles. The second-order valence-corrected chi connectivity index (χ2v) is 4.09. The minimum absolute atomic E-state index is 0.266. The van der Waals surface area contributed by atoms with Crippen molar-refractivity contribution in [2.75, 3.05) is 13.7 Å². The summed E-state index contributed by atoms with van der Waals surface area (Å²) in [5, 5.41) is 0. The van der Waals surface area contributed by atoms with E-state index in [0.29, 0.717) is 6.61 Å². The van der Waals surface area contributed by atoms with Crippen molar-refractivity contribution in [1.29, 1.82) is 0 Å². The van der Waals surface area contributed by atoms with Gasteiger partial charge in [-0.15, -0.1) is 0 Å². The van der Waals surface area contributed by atoms with Gasteiger partial charge in [-0.1, -0.05) is 18.8 Å². The molecule has 0 aliphatic rings. The number of hydrogen-bond acceptors (Lipinski definition) is 4. The Bertz CT molecular complexity index is 520. The molecule has 1 aromatic rings. The number of methoxy groups -OCH3 is 1. The molecule has 112 valence electrons. The Balaban J connectivity index is 2.57. The third-order valence-corrected chi connectivity index (χ3v) is 2.57. The van der Waals surface area contributed by atoms with Crippen LogP contribution in [0.5, 0.6) is 5.75 Å². The summed E-state index contributed by atoms with van der Waals surface area (Å²) in [6, 6.07) is 7.47. The molecular weight excluding hydrogens is 268 g/mol. The minimum Gasteiger partial charge on any atom is -0.497 e. The average molecular weight is 288 g/mol. The van der Waals surface area contributed by atoms with E-state index in [1.54, 1.807) is 14.0 Å². The van der Waals surface area contributed by atoms with Crippen LogP contribution in [0.15, 0.2) is 36.6 Å². The highest BCUT2D eigenvalue weighted by atomic mass is 16.5. The van der Waals surface area contributed by atoms with E-state index in [9.17, 15) is 4.79 Å². The van der Waals surface area contributed by atoms with E-state index in [1.807, 2.05) is 31.2 Å². The van der Waals surface area contributed by atoms with Crippen LogP contribution >= 0.6 is 0 Å². The molecule has 1 unspecified atom stereocenters. The predicted octanol–water partition coefficient (Wildman–Crippen LogP) is 2.92. The molecule has 0 fully saturated rings. The second-order valence-electron chi connectivity index (χ2n) is 4.09. The van der Waals surface area contributed by atoms with Gasteiger partial charge in [0.2, 0.25) is 0 Å². The van der Waals surface area contributed by atoms with Gasteiger partial charge in [-0.05, 0) is 37.6 Å². The van der Waals surface area contributed by atoms with Gasteiger partial charge in [0.25, 0.3) is 0 Å². The molecule has 0 radical (unpaired) electrons. The molecule has 0 aromatic heterocycles. The first kappa shape index (κ1) is 16.6. The van der Waals surface area contributed by atoms with Gasteiger partial charge >= 0.3 is 5.97 Å². The van der Waals surface area contributed by atoms with E-state index < -0.39 is 5.97 Å². The van der Waals surface area contributed by atoms with Gasteiger partial charge < -0.3 is 14.2 Å². The van der Waals surface area contributed by atoms with Crippen molar-refractivity contribution in [3.8, 4) is 17.6 Å². The van der Waals surface area contributed by atoms with Crippen molar-refractivity contribution < 1.29 is 19.0 Å². The highest BCUT2D eigenvalue weighted by Crippen LogP contribution is 2.10. The summed E-state index contributed by atoms with van der Waals surface area (Å²) >= 11 is 0. The Hall–Kier alpha value is -2.41. The lowest BCUT2D eigenvalue weighted by molar-refractivity contribution is -0.137. The van der Waals surface area contributed by atoms with Crippen LogP contribution in [0, 0.1) is 11.8 Å². The number of rotatable bonds is 6. The molecular formula is C17H20O4. The smallest absolute Gasteiger partial charge is 0.333 e. The molecule has 1 atom stereocenters. The van der Waals surface area contributed by atoms with Crippen molar-refractivity contribution >= 4 is 5.97 Å². The fourth-order valence-corrected chi connectivity index (χ4v) is 1.45. The second kappa shape index (κ2) is 9.49. The Morgan fingerprint density at radius 3 is 2.57 bits per heavy atom. The lowest BCUT2D eigenvalue weighted by Crippen LogP contribution is -2.06. The van der Waals surface area contributed by atoms with Crippen molar-refractivity contribution in [2.24, 2.45) is 0 Å². The maximum absolute atomic E-state index is 11.1. The minimum atomic E-state index is -0.421. The molecule has 0 bridgehead atoms. The number of benzene rings is 1. The fraction of sp³-hybridized carbons (Fsp3) is 0.353. The molecule has 0 saturated carbocycles. The van der Waals surface area contributed by atoms with Crippen LogP contribution in [0.1, 0.15) is 25.8 Å². The molecule has 4 heteroatoms. The first-order valence-electron chi connectivity index (χ1n) is 6.84. The predicted molar refractivity (Wildman–Crippen MR) is 80.8 cm³/mol. The van der Waals surface area contributed by atoms with E-state index in [-0.39, 0.29) is 6.10 Å². The SMILES string of the molecule is CCOC(=O)/C=C/OC(C#Cc1ccc(OC)cc1)CC. The van der Waals surface area contributed by atoms with Crippen molar-refractivity contribution in [3.63, 3.8) is 0 Å². The molecule has 21 heavy (non-hydrogen) atoms. The van der Waals surface area contributed by atoms with Crippen molar-refractivity contribution in [1.82, 2.24) is 0 Å². The summed E-state index contributed by atoms with van der Waals surface area (Å²) in [7, 11) is 1.62. The zero-order valence-corrected chi connectivity index (χ0v) is 12.6. The van der Waals surface area contributed by atoms with Crippen LogP contribution in [-0.2, 0) is 14.3 Å². The zero-order valence-electron chi connectivity index (χ0n) is 12.6. The fourth-order valence-electron chi connectivity index (χ4n) is 1.45. The molecule has 0 heterocycles. The van der Waals surface area contributed by atoms with E-state index in [4.69, 9.17) is 14.2 Å². The van der Waals surface area contributed by atoms with Gasteiger partial charge in [0.05, 0.1) is 26.1 Å². The van der Waals surface area contributed by atoms with Crippen LogP contribution in [0.3, 0.4) is 0 Å². The maximum atomic E-state index is 11.1. The van der Waals surface area contributed by atoms with Crippen molar-refractivity contribution in [2.45, 2.75) is 26.4 Å². The van der Waals surface area contributed by atoms with Gasteiger partial charge in [-0.25, -0.2) is 4.79 Å². The largest absolute Gasteiger partial charge is 0.497 e. The summed E-state index contributed by atoms with van der Waals surface area (Å²) < 4.78 is 15.2. The third-order valence-electron chi connectivity index (χ3n) is 2.57. The molecule has 1 aromatic carbocycles. The summed E-state index contributed by atoms with van der Waals surface area (Å²) in [6.07, 6.45) is 3.03. The topological polar surface area (TPSA) is 44.8 Å². The maximum Gasteiger partial charge on any atom is 0.333 e. The average Bonchev–Trinajstić information content (AvgIpc) is 2.51. The molecule has 0 spiro atoms. The monoisotopic (exact) mass is 288 g/mol. The van der Waals surface area contributed by atoms with E-state index in [2.05, 4.69) is 11.8 Å². The van der Waals surface area contributed by atoms with Crippen LogP contribution in [-0.4, -0.2) is 25.8 Å². The Kier molecular flexibility index (Phi) is 7.52. The van der Waals surface area contributed by atoms with E-state index >= 15 is 0 Å². The molecule has 1 rings (SSSR count). The number of esters is 1. The van der Waals surface area contributed by atoms with E-state index in [1.165, 1.54) is 12.3 Å². The van der Waals surface area contributed by atoms with Gasteiger partial charge in [0, 0.05) is 5.56 Å².